The van der Waals surface area contributed by atoms with Crippen molar-refractivity contribution >= 4 is 0 Å². The highest BCUT2D eigenvalue weighted by Crippen LogP contribution is 2.25. The van der Waals surface area contributed by atoms with Crippen LogP contribution < -0.4 is 0 Å². The Morgan fingerprint density at radius 3 is 2.30 bits per heavy atom. The van der Waals surface area contributed by atoms with Gasteiger partial charge in [0, 0.05) is 11.1 Å². The van der Waals surface area contributed by atoms with Crippen molar-refractivity contribution in [2.45, 2.75) is 20.8 Å². The molecule has 0 aliphatic carbocycles. The molecule has 2 aromatic carbocycles. The number of aromatic nitrogens is 2. The molecule has 3 heteroatoms. The third-order valence-electron chi connectivity index (χ3n) is 3.36. The van der Waals surface area contributed by atoms with Gasteiger partial charge in [-0.3, -0.25) is 0 Å². The van der Waals surface area contributed by atoms with Crippen LogP contribution in [0.25, 0.3) is 22.8 Å². The topological polar surface area (TPSA) is 38.9 Å². The number of hydrogen-bond donors (Lipinski definition) is 0. The first-order valence-electron chi connectivity index (χ1n) is 6.62. The standard InChI is InChI=1S/C17H16N2O/c1-11-5-8-14(9-6-11)16-18-17(20-19-16)15-10-12(2)4-7-13(15)3/h4-10H,1-3H3. The first-order chi connectivity index (χ1) is 9.63. The van der Waals surface area contributed by atoms with Crippen LogP contribution in [-0.4, -0.2) is 10.1 Å². The van der Waals surface area contributed by atoms with Crippen molar-refractivity contribution in [2.75, 3.05) is 0 Å². The summed E-state index contributed by atoms with van der Waals surface area (Å²) in [7, 11) is 0. The fourth-order valence-electron chi connectivity index (χ4n) is 2.12. The second-order valence-corrected chi connectivity index (χ2v) is 5.11. The van der Waals surface area contributed by atoms with E-state index in [1.807, 2.05) is 31.2 Å². The number of nitrogens with zero attached hydrogens (tertiary/aromatic N) is 2. The maximum Gasteiger partial charge on any atom is 0.258 e. The van der Waals surface area contributed by atoms with E-state index in [4.69, 9.17) is 4.52 Å². The summed E-state index contributed by atoms with van der Waals surface area (Å²) >= 11 is 0. The van der Waals surface area contributed by atoms with E-state index in [-0.39, 0.29) is 0 Å². The summed E-state index contributed by atoms with van der Waals surface area (Å²) in [6.07, 6.45) is 0. The van der Waals surface area contributed by atoms with Crippen LogP contribution in [0.5, 0.6) is 0 Å². The molecule has 0 aliphatic heterocycles. The summed E-state index contributed by atoms with van der Waals surface area (Å²) in [6.45, 7) is 6.16. The molecule has 1 aromatic heterocycles. The van der Waals surface area contributed by atoms with Crippen LogP contribution in [-0.2, 0) is 0 Å². The summed E-state index contributed by atoms with van der Waals surface area (Å²) in [4.78, 5) is 4.50. The van der Waals surface area contributed by atoms with Crippen LogP contribution >= 0.6 is 0 Å². The van der Waals surface area contributed by atoms with Gasteiger partial charge in [0.25, 0.3) is 5.89 Å². The molecule has 1 heterocycles. The molecule has 0 saturated carbocycles. The summed E-state index contributed by atoms with van der Waals surface area (Å²) in [5, 5.41) is 4.08. The van der Waals surface area contributed by atoms with Crippen molar-refractivity contribution in [2.24, 2.45) is 0 Å². The van der Waals surface area contributed by atoms with Crippen LogP contribution in [0, 0.1) is 20.8 Å². The summed E-state index contributed by atoms with van der Waals surface area (Å²) in [6, 6.07) is 14.3. The van der Waals surface area contributed by atoms with Gasteiger partial charge in [-0.2, -0.15) is 4.98 Å². The van der Waals surface area contributed by atoms with Gasteiger partial charge in [-0.25, -0.2) is 0 Å². The Bertz CT molecular complexity index is 742. The lowest BCUT2D eigenvalue weighted by Gasteiger charge is -2.01. The molecule has 0 bridgehead atoms. The molecule has 3 rings (SSSR count). The Labute approximate surface area is 118 Å². The predicted molar refractivity (Wildman–Crippen MR) is 79.4 cm³/mol. The van der Waals surface area contributed by atoms with Crippen molar-refractivity contribution in [3.8, 4) is 22.8 Å². The third-order valence-corrected chi connectivity index (χ3v) is 3.36. The van der Waals surface area contributed by atoms with E-state index in [0.29, 0.717) is 11.7 Å². The second-order valence-electron chi connectivity index (χ2n) is 5.11. The average Bonchev–Trinajstić information content (AvgIpc) is 2.92. The molecule has 20 heavy (non-hydrogen) atoms. The normalized spacial score (nSPS) is 10.8. The molecule has 0 atom stereocenters. The SMILES string of the molecule is Cc1ccc(-c2noc(-c3cc(C)ccc3C)n2)cc1. The highest BCUT2D eigenvalue weighted by atomic mass is 16.5. The van der Waals surface area contributed by atoms with Crippen molar-refractivity contribution in [3.05, 3.63) is 59.2 Å². The van der Waals surface area contributed by atoms with Gasteiger partial charge in [0.15, 0.2) is 0 Å². The van der Waals surface area contributed by atoms with E-state index in [1.165, 1.54) is 11.1 Å². The first-order valence-corrected chi connectivity index (χ1v) is 6.62. The van der Waals surface area contributed by atoms with Crippen molar-refractivity contribution < 1.29 is 4.52 Å². The van der Waals surface area contributed by atoms with Gasteiger partial charge < -0.3 is 4.52 Å². The Morgan fingerprint density at radius 1 is 0.850 bits per heavy atom. The zero-order valence-electron chi connectivity index (χ0n) is 11.8. The third kappa shape index (κ3) is 2.35. The van der Waals surface area contributed by atoms with Crippen LogP contribution in [0.3, 0.4) is 0 Å². The zero-order valence-corrected chi connectivity index (χ0v) is 11.8. The monoisotopic (exact) mass is 264 g/mol. The van der Waals surface area contributed by atoms with E-state index in [0.717, 1.165) is 16.7 Å². The fraction of sp³-hybridized carbons (Fsp3) is 0.176. The van der Waals surface area contributed by atoms with Crippen LogP contribution in [0.15, 0.2) is 47.0 Å². The van der Waals surface area contributed by atoms with E-state index in [9.17, 15) is 0 Å². The lowest BCUT2D eigenvalue weighted by atomic mass is 10.1. The van der Waals surface area contributed by atoms with Crippen LogP contribution in [0.2, 0.25) is 0 Å². The maximum atomic E-state index is 5.41. The van der Waals surface area contributed by atoms with Gasteiger partial charge in [0.2, 0.25) is 5.82 Å². The molecular formula is C17H16N2O. The van der Waals surface area contributed by atoms with Gasteiger partial charge in [0.1, 0.15) is 0 Å². The molecular weight excluding hydrogens is 248 g/mol. The number of rotatable bonds is 2. The number of hydrogen-bond acceptors (Lipinski definition) is 3. The minimum atomic E-state index is 0.571. The Balaban J connectivity index is 2.01. The largest absolute Gasteiger partial charge is 0.334 e. The Hall–Kier alpha value is -2.42. The minimum absolute atomic E-state index is 0.571. The fourth-order valence-corrected chi connectivity index (χ4v) is 2.12. The van der Waals surface area contributed by atoms with Gasteiger partial charge in [-0.15, -0.1) is 0 Å². The molecule has 0 saturated heterocycles. The van der Waals surface area contributed by atoms with Gasteiger partial charge in [-0.1, -0.05) is 52.7 Å². The molecule has 0 aliphatic rings. The second kappa shape index (κ2) is 4.93. The first kappa shape index (κ1) is 12.6. The molecule has 3 aromatic rings. The number of benzene rings is 2. The van der Waals surface area contributed by atoms with Gasteiger partial charge in [-0.05, 0) is 32.4 Å². The molecule has 100 valence electrons. The average molecular weight is 264 g/mol. The highest BCUT2D eigenvalue weighted by molar-refractivity contribution is 5.63. The minimum Gasteiger partial charge on any atom is -0.334 e. The van der Waals surface area contributed by atoms with Crippen LogP contribution in [0.4, 0.5) is 0 Å². The maximum absolute atomic E-state index is 5.41. The Morgan fingerprint density at radius 2 is 1.55 bits per heavy atom. The van der Waals surface area contributed by atoms with E-state index in [1.54, 1.807) is 0 Å². The van der Waals surface area contributed by atoms with Crippen LogP contribution in [0.1, 0.15) is 16.7 Å². The molecule has 0 fully saturated rings. The Kier molecular flexibility index (Phi) is 3.11. The van der Waals surface area contributed by atoms with E-state index >= 15 is 0 Å². The zero-order chi connectivity index (χ0) is 14.1. The molecule has 0 radical (unpaired) electrons. The molecule has 0 spiro atoms. The highest BCUT2D eigenvalue weighted by Gasteiger charge is 2.12. The van der Waals surface area contributed by atoms with Crippen molar-refractivity contribution in [3.63, 3.8) is 0 Å². The quantitative estimate of drug-likeness (QED) is 0.691. The molecule has 0 amide bonds. The predicted octanol–water partition coefficient (Wildman–Crippen LogP) is 4.33. The summed E-state index contributed by atoms with van der Waals surface area (Å²) < 4.78 is 5.41. The lowest BCUT2D eigenvalue weighted by Crippen LogP contribution is -1.85. The van der Waals surface area contributed by atoms with Crippen molar-refractivity contribution in [1.29, 1.82) is 0 Å². The molecule has 0 N–H and O–H groups in total. The molecule has 0 unspecified atom stereocenters. The smallest absolute Gasteiger partial charge is 0.258 e. The van der Waals surface area contributed by atoms with Crippen molar-refractivity contribution in [1.82, 2.24) is 10.1 Å². The van der Waals surface area contributed by atoms with E-state index in [2.05, 4.69) is 42.2 Å². The van der Waals surface area contributed by atoms with Gasteiger partial charge >= 0.3 is 0 Å². The summed E-state index contributed by atoms with van der Waals surface area (Å²) in [5.74, 6) is 1.20. The lowest BCUT2D eigenvalue weighted by molar-refractivity contribution is 0.432. The number of aryl methyl sites for hydroxylation is 3. The summed E-state index contributed by atoms with van der Waals surface area (Å²) in [5.41, 5.74) is 5.49. The van der Waals surface area contributed by atoms with Gasteiger partial charge in [0.05, 0.1) is 0 Å². The van der Waals surface area contributed by atoms with E-state index < -0.39 is 0 Å². The molecule has 3 nitrogen and oxygen atoms in total.